The molecule has 7 nitrogen and oxygen atoms in total. The van der Waals surface area contributed by atoms with E-state index >= 15 is 0 Å². The van der Waals surface area contributed by atoms with Gasteiger partial charge in [-0.05, 0) is 30.3 Å². The first-order valence-electron chi connectivity index (χ1n) is 7.48. The van der Waals surface area contributed by atoms with Crippen LogP contribution in [0.4, 0.5) is 29.3 Å². The number of hydrogen-bond donors (Lipinski definition) is 1. The van der Waals surface area contributed by atoms with E-state index in [4.69, 9.17) is 0 Å². The van der Waals surface area contributed by atoms with Crippen molar-refractivity contribution in [3.05, 3.63) is 54.9 Å². The van der Waals surface area contributed by atoms with Crippen molar-refractivity contribution in [1.29, 1.82) is 0 Å². The molecule has 1 aromatic heterocycles. The monoisotopic (exact) mass is 376 g/mol. The van der Waals surface area contributed by atoms with Crippen LogP contribution in [0.3, 0.4) is 0 Å². The Hall–Kier alpha value is -3.69. The van der Waals surface area contributed by atoms with Crippen molar-refractivity contribution in [3.8, 4) is 5.75 Å². The second kappa shape index (κ2) is 7.28. The number of alkyl halides is 3. The molecule has 1 N–H and O–H groups in total. The number of rotatable bonds is 4. The lowest BCUT2D eigenvalue weighted by atomic mass is 10.2. The molecule has 0 spiro atoms. The van der Waals surface area contributed by atoms with Gasteiger partial charge in [-0.2, -0.15) is 0 Å². The molecule has 0 radical (unpaired) electrons. The summed E-state index contributed by atoms with van der Waals surface area (Å²) in [6.07, 6.45) is -1.61. The van der Waals surface area contributed by atoms with Gasteiger partial charge >= 0.3 is 12.4 Å². The minimum atomic E-state index is -4.86. The lowest BCUT2D eigenvalue weighted by Crippen LogP contribution is -2.33. The van der Waals surface area contributed by atoms with Gasteiger partial charge in [0, 0.05) is 24.1 Å². The SMILES string of the molecule is O=CN(C(=O)Nc1cccc(OC(F)(F)F)c1)c1ccc2nccnc2c1. The maximum Gasteiger partial charge on any atom is 0.573 e. The molecule has 138 valence electrons. The summed E-state index contributed by atoms with van der Waals surface area (Å²) in [7, 11) is 0. The van der Waals surface area contributed by atoms with Crippen molar-refractivity contribution in [2.75, 3.05) is 10.2 Å². The van der Waals surface area contributed by atoms with Gasteiger partial charge in [0.2, 0.25) is 6.41 Å². The summed E-state index contributed by atoms with van der Waals surface area (Å²) in [6.45, 7) is 0. The third-order valence-corrected chi connectivity index (χ3v) is 3.37. The van der Waals surface area contributed by atoms with Crippen LogP contribution in [0.25, 0.3) is 11.0 Å². The highest BCUT2D eigenvalue weighted by molar-refractivity contribution is 6.12. The van der Waals surface area contributed by atoms with Crippen molar-refractivity contribution < 1.29 is 27.5 Å². The van der Waals surface area contributed by atoms with Gasteiger partial charge in [-0.3, -0.25) is 14.8 Å². The number of hydrogen-bond acceptors (Lipinski definition) is 5. The quantitative estimate of drug-likeness (QED) is 0.702. The van der Waals surface area contributed by atoms with Crippen molar-refractivity contribution in [2.24, 2.45) is 0 Å². The summed E-state index contributed by atoms with van der Waals surface area (Å²) in [4.78, 5) is 32.7. The van der Waals surface area contributed by atoms with Gasteiger partial charge in [-0.25, -0.2) is 9.69 Å². The van der Waals surface area contributed by atoms with Crippen LogP contribution in [0.2, 0.25) is 0 Å². The van der Waals surface area contributed by atoms with Gasteiger partial charge in [0.05, 0.1) is 16.7 Å². The van der Waals surface area contributed by atoms with Crippen LogP contribution in [0.5, 0.6) is 5.75 Å². The van der Waals surface area contributed by atoms with Crippen LogP contribution >= 0.6 is 0 Å². The molecule has 27 heavy (non-hydrogen) atoms. The Morgan fingerprint density at radius 3 is 2.52 bits per heavy atom. The largest absolute Gasteiger partial charge is 0.573 e. The van der Waals surface area contributed by atoms with E-state index in [0.717, 1.165) is 17.0 Å². The van der Waals surface area contributed by atoms with Crippen molar-refractivity contribution in [2.45, 2.75) is 6.36 Å². The highest BCUT2D eigenvalue weighted by Gasteiger charge is 2.31. The molecule has 3 aromatic rings. The van der Waals surface area contributed by atoms with E-state index in [0.29, 0.717) is 11.0 Å². The lowest BCUT2D eigenvalue weighted by molar-refractivity contribution is -0.274. The molecule has 0 aliphatic carbocycles. The number of urea groups is 1. The molecular weight excluding hydrogens is 365 g/mol. The minimum Gasteiger partial charge on any atom is -0.406 e. The van der Waals surface area contributed by atoms with Gasteiger partial charge in [0.15, 0.2) is 0 Å². The standard InChI is InChI=1S/C17H11F3N4O3/c18-17(19,20)27-13-3-1-2-11(8-13)23-16(26)24(10-25)12-4-5-14-15(9-12)22-7-6-21-14/h1-10H,(H,23,26). The van der Waals surface area contributed by atoms with Crippen molar-refractivity contribution in [1.82, 2.24) is 9.97 Å². The zero-order valence-electron chi connectivity index (χ0n) is 13.5. The van der Waals surface area contributed by atoms with E-state index in [1.165, 1.54) is 36.7 Å². The number of amides is 3. The average molecular weight is 376 g/mol. The molecule has 0 bridgehead atoms. The van der Waals surface area contributed by atoms with Crippen LogP contribution < -0.4 is 15.0 Å². The summed E-state index contributed by atoms with van der Waals surface area (Å²) in [6, 6.07) is 8.40. The molecule has 0 aliphatic rings. The van der Waals surface area contributed by atoms with Gasteiger partial charge in [0.1, 0.15) is 5.75 Å². The van der Waals surface area contributed by atoms with Crippen LogP contribution in [0.1, 0.15) is 0 Å². The molecule has 0 saturated heterocycles. The number of benzene rings is 2. The Bertz CT molecular complexity index is 994. The number of aromatic nitrogens is 2. The number of fused-ring (bicyclic) bond motifs is 1. The summed E-state index contributed by atoms with van der Waals surface area (Å²) in [5.74, 6) is -0.501. The molecule has 0 unspecified atom stereocenters. The van der Waals surface area contributed by atoms with Crippen molar-refractivity contribution >= 4 is 34.8 Å². The number of anilines is 2. The second-order valence-electron chi connectivity index (χ2n) is 5.21. The fourth-order valence-electron chi connectivity index (χ4n) is 2.28. The zero-order valence-corrected chi connectivity index (χ0v) is 13.5. The zero-order chi connectivity index (χ0) is 19.4. The number of nitrogens with zero attached hydrogens (tertiary/aromatic N) is 3. The maximum atomic E-state index is 12.4. The highest BCUT2D eigenvalue weighted by Crippen LogP contribution is 2.25. The van der Waals surface area contributed by atoms with Crippen molar-refractivity contribution in [3.63, 3.8) is 0 Å². The highest BCUT2D eigenvalue weighted by atomic mass is 19.4. The summed E-state index contributed by atoms with van der Waals surface area (Å²) < 4.78 is 40.7. The molecule has 0 aliphatic heterocycles. The topological polar surface area (TPSA) is 84.4 Å². The maximum absolute atomic E-state index is 12.4. The van der Waals surface area contributed by atoms with Gasteiger partial charge in [-0.1, -0.05) is 6.07 Å². The minimum absolute atomic E-state index is 0.0224. The number of imide groups is 1. The third-order valence-electron chi connectivity index (χ3n) is 3.37. The Labute approximate surface area is 150 Å². The summed E-state index contributed by atoms with van der Waals surface area (Å²) >= 11 is 0. The van der Waals surface area contributed by atoms with E-state index in [9.17, 15) is 22.8 Å². The molecule has 3 rings (SSSR count). The molecule has 2 aromatic carbocycles. The Balaban J connectivity index is 1.81. The smallest absolute Gasteiger partial charge is 0.406 e. The Kier molecular flexibility index (Phi) is 4.88. The van der Waals surface area contributed by atoms with Crippen LogP contribution in [0, 0.1) is 0 Å². The predicted octanol–water partition coefficient (Wildman–Crippen LogP) is 3.72. The Morgan fingerprint density at radius 1 is 1.07 bits per heavy atom. The first-order valence-corrected chi connectivity index (χ1v) is 7.48. The number of ether oxygens (including phenoxy) is 1. The van der Waals surface area contributed by atoms with Gasteiger partial charge in [0.25, 0.3) is 0 Å². The summed E-state index contributed by atoms with van der Waals surface area (Å²) in [5.41, 5.74) is 1.28. The fraction of sp³-hybridized carbons (Fsp3) is 0.0588. The van der Waals surface area contributed by atoms with Gasteiger partial charge < -0.3 is 10.1 Å². The third kappa shape index (κ3) is 4.48. The fourth-order valence-corrected chi connectivity index (χ4v) is 2.28. The Morgan fingerprint density at radius 2 is 1.81 bits per heavy atom. The number of carbonyl (C=O) groups excluding carboxylic acids is 2. The first kappa shape index (κ1) is 18.1. The van der Waals surface area contributed by atoms with E-state index in [1.807, 2.05) is 0 Å². The lowest BCUT2D eigenvalue weighted by Gasteiger charge is -2.17. The predicted molar refractivity (Wildman–Crippen MR) is 90.2 cm³/mol. The molecule has 3 amide bonds. The second-order valence-corrected chi connectivity index (χ2v) is 5.21. The molecule has 0 atom stereocenters. The molecule has 0 saturated carbocycles. The molecule has 0 fully saturated rings. The van der Waals surface area contributed by atoms with Crippen LogP contribution in [-0.4, -0.2) is 28.8 Å². The normalized spacial score (nSPS) is 11.1. The van der Waals surface area contributed by atoms with E-state index in [2.05, 4.69) is 20.0 Å². The van der Waals surface area contributed by atoms with E-state index in [1.54, 1.807) is 6.07 Å². The van der Waals surface area contributed by atoms with E-state index in [-0.39, 0.29) is 17.8 Å². The number of halogens is 3. The molecule has 1 heterocycles. The number of carbonyl (C=O) groups is 2. The molecular formula is C17H11F3N4O3. The summed E-state index contributed by atoms with van der Waals surface area (Å²) in [5, 5.41) is 2.34. The van der Waals surface area contributed by atoms with Crippen LogP contribution in [0.15, 0.2) is 54.9 Å². The molecule has 10 heteroatoms. The van der Waals surface area contributed by atoms with Crippen LogP contribution in [-0.2, 0) is 4.79 Å². The number of nitrogens with one attached hydrogen (secondary N) is 1. The first-order chi connectivity index (χ1) is 12.9. The van der Waals surface area contributed by atoms with Gasteiger partial charge in [-0.15, -0.1) is 13.2 Å². The van der Waals surface area contributed by atoms with E-state index < -0.39 is 18.1 Å². The average Bonchev–Trinajstić information content (AvgIpc) is 2.61.